The minimum absolute atomic E-state index is 0.185. The number of hydrogen-bond donors (Lipinski definition) is 0. The van der Waals surface area contributed by atoms with Crippen LogP contribution in [0.3, 0.4) is 0 Å². The highest BCUT2D eigenvalue weighted by atomic mass is 15.1. The number of anilines is 1. The highest BCUT2D eigenvalue weighted by Gasteiger charge is 2.07. The van der Waals surface area contributed by atoms with Gasteiger partial charge in [0.25, 0.3) is 0 Å². The fraction of sp³-hybridized carbons (Fsp3) is 0.200. The Morgan fingerprint density at radius 3 is 2.12 bits per heavy atom. The molecule has 0 N–H and O–H groups in total. The van der Waals surface area contributed by atoms with Crippen molar-refractivity contribution in [3.05, 3.63) is 89.8 Å². The van der Waals surface area contributed by atoms with Crippen LogP contribution in [0, 0.1) is 0 Å². The molecule has 0 saturated heterocycles. The van der Waals surface area contributed by atoms with E-state index in [1.165, 1.54) is 6.07 Å². The summed E-state index contributed by atoms with van der Waals surface area (Å²) in [6.07, 6.45) is 1.77. The fourth-order valence-corrected chi connectivity index (χ4v) is 3.32. The lowest BCUT2D eigenvalue weighted by Crippen LogP contribution is -2.08. The molecule has 0 aromatic heterocycles. The Balaban J connectivity index is 1.93. The summed E-state index contributed by atoms with van der Waals surface area (Å²) in [5, 5.41) is 1.19. The summed E-state index contributed by atoms with van der Waals surface area (Å²) in [5.74, 6) is 0. The highest BCUT2D eigenvalue weighted by Crippen LogP contribution is 2.29. The second-order valence-electron chi connectivity index (χ2n) is 6.62. The monoisotopic (exact) mass is 347 g/mol. The predicted octanol–water partition coefficient (Wildman–Crippen LogP) is 6.23. The lowest BCUT2D eigenvalue weighted by Gasteiger charge is -2.14. The van der Waals surface area contributed by atoms with Crippen molar-refractivity contribution in [2.24, 2.45) is 0 Å². The minimum atomic E-state index is -0.357. The van der Waals surface area contributed by atoms with Gasteiger partial charge in [0.15, 0.2) is 0 Å². The summed E-state index contributed by atoms with van der Waals surface area (Å²) in [4.78, 5) is 2.02. The first-order valence-electron chi connectivity index (χ1n) is 12.7. The summed E-state index contributed by atoms with van der Waals surface area (Å²) in [6, 6.07) is 7.43. The first-order chi connectivity index (χ1) is 16.0. The molecule has 0 spiro atoms. The van der Waals surface area contributed by atoms with Gasteiger partial charge >= 0.3 is 0 Å². The second kappa shape index (κ2) is 7.21. The van der Waals surface area contributed by atoms with E-state index in [4.69, 9.17) is 11.0 Å². The van der Waals surface area contributed by atoms with E-state index in [0.29, 0.717) is 29.2 Å². The van der Waals surface area contributed by atoms with Gasteiger partial charge in [0, 0.05) is 19.8 Å². The number of nitrogens with zero attached hydrogens (tertiary/aromatic N) is 1. The normalized spacial score (nSPS) is 15.5. The van der Waals surface area contributed by atoms with E-state index in [-0.39, 0.29) is 59.1 Å². The molecule has 1 nitrogen and oxygen atoms in total. The van der Waals surface area contributed by atoms with Gasteiger partial charge in [-0.15, -0.1) is 0 Å². The largest absolute Gasteiger partial charge is 0.378 e. The van der Waals surface area contributed by atoms with E-state index in [2.05, 4.69) is 6.07 Å². The lowest BCUT2D eigenvalue weighted by molar-refractivity contribution is 0.828. The molecule has 130 valence electrons. The molecule has 4 rings (SSSR count). The zero-order valence-corrected chi connectivity index (χ0v) is 15.0. The van der Waals surface area contributed by atoms with Crippen LogP contribution < -0.4 is 4.90 Å². The van der Waals surface area contributed by atoms with Crippen LogP contribution in [-0.2, 0) is 12.8 Å². The molecule has 0 fully saturated rings. The van der Waals surface area contributed by atoms with E-state index in [1.54, 1.807) is 0 Å². The Morgan fingerprint density at radius 2 is 1.46 bits per heavy atom. The SMILES string of the molecule is [2H]c1c([2H])c([2H])c2c(CCCc3cccc(N(C)C)c3)c3c([2H])c([2H])c([2H])c([2H])c3cc2c1[2H]. The summed E-state index contributed by atoms with van der Waals surface area (Å²) in [5.41, 5.74) is 2.74. The van der Waals surface area contributed by atoms with Crippen molar-refractivity contribution in [1.29, 1.82) is 0 Å². The van der Waals surface area contributed by atoms with Crippen LogP contribution in [0.4, 0.5) is 5.69 Å². The highest BCUT2D eigenvalue weighted by molar-refractivity contribution is 6.02. The Kier molecular flexibility index (Phi) is 2.71. The summed E-state index contributed by atoms with van der Waals surface area (Å²) < 4.78 is 66.4. The lowest BCUT2D eigenvalue weighted by atomic mass is 9.93. The molecular formula is C25H25N. The maximum absolute atomic E-state index is 8.55. The van der Waals surface area contributed by atoms with Crippen LogP contribution >= 0.6 is 0 Å². The zero-order chi connectivity index (χ0) is 24.9. The molecule has 0 aliphatic carbocycles. The van der Waals surface area contributed by atoms with Gasteiger partial charge in [0.1, 0.15) is 0 Å². The van der Waals surface area contributed by atoms with E-state index in [1.807, 2.05) is 37.2 Å². The number of benzene rings is 4. The molecule has 0 atom stereocenters. The van der Waals surface area contributed by atoms with Crippen molar-refractivity contribution in [3.8, 4) is 0 Å². The van der Waals surface area contributed by atoms with Gasteiger partial charge < -0.3 is 4.90 Å². The second-order valence-corrected chi connectivity index (χ2v) is 6.62. The smallest absolute Gasteiger partial charge is 0.0629 e. The third-order valence-corrected chi connectivity index (χ3v) is 4.64. The first-order valence-corrected chi connectivity index (χ1v) is 8.72. The van der Waals surface area contributed by atoms with E-state index in [0.717, 1.165) is 17.7 Å². The molecule has 1 heteroatoms. The zero-order valence-electron chi connectivity index (χ0n) is 23.0. The van der Waals surface area contributed by atoms with Crippen molar-refractivity contribution in [3.63, 3.8) is 0 Å². The van der Waals surface area contributed by atoms with Crippen LogP contribution in [-0.4, -0.2) is 14.1 Å². The number of rotatable bonds is 5. The van der Waals surface area contributed by atoms with Crippen LogP contribution in [0.15, 0.2) is 78.7 Å². The maximum atomic E-state index is 8.55. The average Bonchev–Trinajstić information content (AvgIpc) is 2.82. The minimum Gasteiger partial charge on any atom is -0.378 e. The van der Waals surface area contributed by atoms with Crippen molar-refractivity contribution >= 4 is 27.2 Å². The van der Waals surface area contributed by atoms with Crippen molar-refractivity contribution in [2.75, 3.05) is 19.0 Å². The molecule has 4 aromatic rings. The van der Waals surface area contributed by atoms with Gasteiger partial charge in [-0.25, -0.2) is 0 Å². The molecule has 26 heavy (non-hydrogen) atoms. The molecule has 0 saturated carbocycles. The molecule has 0 bridgehead atoms. The van der Waals surface area contributed by atoms with Gasteiger partial charge in [0.2, 0.25) is 0 Å². The Morgan fingerprint density at radius 1 is 0.808 bits per heavy atom. The predicted molar refractivity (Wildman–Crippen MR) is 114 cm³/mol. The fourth-order valence-electron chi connectivity index (χ4n) is 3.32. The third kappa shape index (κ3) is 3.30. The van der Waals surface area contributed by atoms with Gasteiger partial charge in [-0.05, 0) is 70.1 Å². The van der Waals surface area contributed by atoms with Gasteiger partial charge in [-0.3, -0.25) is 0 Å². The van der Waals surface area contributed by atoms with E-state index in [9.17, 15) is 0 Å². The molecule has 0 amide bonds. The van der Waals surface area contributed by atoms with Crippen LogP contribution in [0.5, 0.6) is 0 Å². The van der Waals surface area contributed by atoms with E-state index >= 15 is 0 Å². The van der Waals surface area contributed by atoms with Crippen molar-refractivity contribution in [1.82, 2.24) is 0 Å². The topological polar surface area (TPSA) is 3.24 Å². The average molecular weight is 348 g/mol. The van der Waals surface area contributed by atoms with Gasteiger partial charge in [-0.1, -0.05) is 60.5 Å². The molecule has 0 aliphatic heterocycles. The van der Waals surface area contributed by atoms with Crippen LogP contribution in [0.1, 0.15) is 28.5 Å². The van der Waals surface area contributed by atoms with Crippen LogP contribution in [0.25, 0.3) is 21.5 Å². The summed E-state index contributed by atoms with van der Waals surface area (Å²) in [6.45, 7) is 0. The quantitative estimate of drug-likeness (QED) is 0.387. The van der Waals surface area contributed by atoms with Gasteiger partial charge in [-0.2, -0.15) is 0 Å². The summed E-state index contributed by atoms with van der Waals surface area (Å²) >= 11 is 0. The molecular weight excluding hydrogens is 314 g/mol. The molecule has 0 radical (unpaired) electrons. The van der Waals surface area contributed by atoms with E-state index < -0.39 is 0 Å². The Hall–Kier alpha value is -2.80. The van der Waals surface area contributed by atoms with Gasteiger partial charge in [0.05, 0.1) is 11.0 Å². The maximum Gasteiger partial charge on any atom is 0.0629 e. The number of aryl methyl sites for hydroxylation is 2. The first kappa shape index (κ1) is 9.78. The number of hydrogen-bond acceptors (Lipinski definition) is 1. The molecule has 0 heterocycles. The molecule has 0 aliphatic rings. The molecule has 4 aromatic carbocycles. The molecule has 0 unspecified atom stereocenters. The standard InChI is InChI=1S/C25H25N/c1-26(2)22-13-7-9-19(17-22)10-8-16-25-23-14-5-3-11-20(23)18-21-12-4-6-15-24(21)25/h3-7,9,11-15,17-18H,8,10,16H2,1-2H3/i3D,4D,5D,6D,11D,12D,14D,15D. The number of fused-ring (bicyclic) bond motifs is 2. The Labute approximate surface area is 167 Å². The Bertz CT molecular complexity index is 1370. The van der Waals surface area contributed by atoms with Crippen LogP contribution in [0.2, 0.25) is 0 Å². The third-order valence-electron chi connectivity index (χ3n) is 4.64. The van der Waals surface area contributed by atoms with Crippen molar-refractivity contribution < 1.29 is 11.0 Å². The summed E-state index contributed by atoms with van der Waals surface area (Å²) in [7, 11) is 3.95. The van der Waals surface area contributed by atoms with Crippen molar-refractivity contribution in [2.45, 2.75) is 19.3 Å².